The Balaban J connectivity index is 0.000000266. The van der Waals surface area contributed by atoms with E-state index >= 15 is 0 Å². The van der Waals surface area contributed by atoms with Crippen LogP contribution < -0.4 is 15.0 Å². The summed E-state index contributed by atoms with van der Waals surface area (Å²) in [5, 5.41) is 10.7. The smallest absolute Gasteiger partial charge is 0.475 e. The molecule has 7 nitrogen and oxygen atoms in total. The molecule has 2 aromatic heterocycles. The van der Waals surface area contributed by atoms with E-state index in [1.807, 2.05) is 31.2 Å². The Labute approximate surface area is 212 Å². The number of ether oxygens (including phenoxy) is 2. The van der Waals surface area contributed by atoms with Crippen LogP contribution in [0.5, 0.6) is 11.6 Å². The molecule has 1 N–H and O–H groups in total. The van der Waals surface area contributed by atoms with Gasteiger partial charge in [-0.25, -0.2) is 4.98 Å². The zero-order chi connectivity index (χ0) is 27.4. The standard InChI is InChI=1S/C19H21N3O3.C8H7F3O/c1-12-9-17(25-11-19(3,4)24)21-16-6-5-14(10-15(12)16)22-8-7-20-13(2)18(22)23;1-6-2-4-7(5-3-6)12-8(9,10)11/h5-10,24H,11H2,1-4H3;2-5H,1H3. The fraction of sp³-hybridized carbons (Fsp3) is 0.296. The summed E-state index contributed by atoms with van der Waals surface area (Å²) in [6, 6.07) is 13.1. The van der Waals surface area contributed by atoms with E-state index in [9.17, 15) is 23.1 Å². The third-order valence-corrected chi connectivity index (χ3v) is 5.09. The first-order chi connectivity index (χ1) is 17.2. The van der Waals surface area contributed by atoms with Gasteiger partial charge in [0.25, 0.3) is 5.56 Å². The maximum Gasteiger partial charge on any atom is 0.573 e. The summed E-state index contributed by atoms with van der Waals surface area (Å²) >= 11 is 0. The van der Waals surface area contributed by atoms with Gasteiger partial charge in [-0.3, -0.25) is 14.3 Å². The average Bonchev–Trinajstić information content (AvgIpc) is 2.80. The fourth-order valence-electron chi connectivity index (χ4n) is 3.28. The number of aromatic nitrogens is 3. The van der Waals surface area contributed by atoms with Crippen molar-refractivity contribution in [2.45, 2.75) is 46.6 Å². The number of hydrogen-bond acceptors (Lipinski definition) is 6. The van der Waals surface area contributed by atoms with E-state index in [0.29, 0.717) is 11.6 Å². The summed E-state index contributed by atoms with van der Waals surface area (Å²) in [5.74, 6) is 0.282. The molecule has 0 spiro atoms. The maximum atomic E-state index is 12.3. The summed E-state index contributed by atoms with van der Waals surface area (Å²) in [4.78, 5) is 20.8. The minimum atomic E-state index is -4.60. The van der Waals surface area contributed by atoms with Gasteiger partial charge in [0, 0.05) is 29.5 Å². The third kappa shape index (κ3) is 8.04. The van der Waals surface area contributed by atoms with Gasteiger partial charge in [-0.05, 0) is 70.5 Å². The van der Waals surface area contributed by atoms with E-state index in [2.05, 4.69) is 14.7 Å². The zero-order valence-corrected chi connectivity index (χ0v) is 21.1. The van der Waals surface area contributed by atoms with Gasteiger partial charge in [0.15, 0.2) is 0 Å². The Morgan fingerprint density at radius 3 is 2.30 bits per heavy atom. The first-order valence-electron chi connectivity index (χ1n) is 11.4. The predicted molar refractivity (Wildman–Crippen MR) is 134 cm³/mol. The predicted octanol–water partition coefficient (Wildman–Crippen LogP) is 5.44. The average molecular weight is 516 g/mol. The van der Waals surface area contributed by atoms with Gasteiger partial charge in [0.05, 0.1) is 11.1 Å². The first-order valence-corrected chi connectivity index (χ1v) is 11.4. The number of pyridine rings is 1. The van der Waals surface area contributed by atoms with Crippen LogP contribution in [-0.4, -0.2) is 38.2 Å². The second-order valence-electron chi connectivity index (χ2n) is 9.13. The van der Waals surface area contributed by atoms with Gasteiger partial charge < -0.3 is 14.6 Å². The molecule has 2 heterocycles. The molecule has 37 heavy (non-hydrogen) atoms. The van der Waals surface area contributed by atoms with Crippen molar-refractivity contribution in [2.75, 3.05) is 6.61 Å². The summed E-state index contributed by atoms with van der Waals surface area (Å²) in [5.41, 5.74) is 2.80. The molecule has 0 unspecified atom stereocenters. The summed E-state index contributed by atoms with van der Waals surface area (Å²) in [7, 11) is 0. The second kappa shape index (κ2) is 11.0. The molecule has 196 valence electrons. The van der Waals surface area contributed by atoms with Gasteiger partial charge in [0.1, 0.15) is 18.1 Å². The normalized spacial score (nSPS) is 11.6. The molecule has 0 bridgehead atoms. The topological polar surface area (TPSA) is 86.5 Å². The van der Waals surface area contributed by atoms with Crippen LogP contribution in [0.1, 0.15) is 30.7 Å². The number of aliphatic hydroxyl groups is 1. The number of benzene rings is 2. The lowest BCUT2D eigenvalue weighted by atomic mass is 10.1. The lowest BCUT2D eigenvalue weighted by molar-refractivity contribution is -0.274. The highest BCUT2D eigenvalue weighted by Crippen LogP contribution is 2.25. The van der Waals surface area contributed by atoms with Crippen molar-refractivity contribution in [2.24, 2.45) is 0 Å². The molecule has 0 atom stereocenters. The highest BCUT2D eigenvalue weighted by molar-refractivity contribution is 5.84. The van der Waals surface area contributed by atoms with Crippen molar-refractivity contribution in [3.63, 3.8) is 0 Å². The van der Waals surface area contributed by atoms with Crippen LogP contribution in [0.15, 0.2) is 65.7 Å². The van der Waals surface area contributed by atoms with Gasteiger partial charge in [0.2, 0.25) is 5.88 Å². The molecule has 10 heteroatoms. The maximum absolute atomic E-state index is 12.3. The highest BCUT2D eigenvalue weighted by Gasteiger charge is 2.30. The molecular weight excluding hydrogens is 487 g/mol. The Hall–Kier alpha value is -3.92. The number of hydrogen-bond donors (Lipinski definition) is 1. The molecular formula is C27H28F3N3O4. The first kappa shape index (κ1) is 27.7. The van der Waals surface area contributed by atoms with Crippen molar-refractivity contribution in [3.8, 4) is 17.3 Å². The van der Waals surface area contributed by atoms with Gasteiger partial charge in [-0.15, -0.1) is 13.2 Å². The van der Waals surface area contributed by atoms with Crippen molar-refractivity contribution >= 4 is 10.9 Å². The van der Waals surface area contributed by atoms with Crippen molar-refractivity contribution in [1.82, 2.24) is 14.5 Å². The Morgan fingerprint density at radius 2 is 1.68 bits per heavy atom. The second-order valence-corrected chi connectivity index (χ2v) is 9.13. The molecule has 0 radical (unpaired) electrons. The lowest BCUT2D eigenvalue weighted by Gasteiger charge is -2.18. The summed E-state index contributed by atoms with van der Waals surface area (Å²) < 4.78 is 45.7. The van der Waals surface area contributed by atoms with E-state index in [1.165, 1.54) is 12.1 Å². The largest absolute Gasteiger partial charge is 0.573 e. The Morgan fingerprint density at radius 1 is 1.00 bits per heavy atom. The number of aryl methyl sites for hydroxylation is 3. The van der Waals surface area contributed by atoms with Crippen LogP contribution in [0.4, 0.5) is 13.2 Å². The van der Waals surface area contributed by atoms with E-state index in [0.717, 1.165) is 27.7 Å². The van der Waals surface area contributed by atoms with Crippen molar-refractivity contribution in [1.29, 1.82) is 0 Å². The van der Waals surface area contributed by atoms with Gasteiger partial charge in [-0.1, -0.05) is 17.7 Å². The van der Waals surface area contributed by atoms with E-state index in [-0.39, 0.29) is 17.9 Å². The summed E-state index contributed by atoms with van der Waals surface area (Å²) in [6.07, 6.45) is -1.34. The van der Waals surface area contributed by atoms with Gasteiger partial charge in [-0.2, -0.15) is 0 Å². The number of nitrogens with zero attached hydrogens (tertiary/aromatic N) is 3. The minimum absolute atomic E-state index is 0.141. The molecule has 0 fully saturated rings. The lowest BCUT2D eigenvalue weighted by Crippen LogP contribution is -2.28. The molecule has 0 aliphatic rings. The fourth-order valence-corrected chi connectivity index (χ4v) is 3.28. The quantitative estimate of drug-likeness (QED) is 0.381. The van der Waals surface area contributed by atoms with Crippen LogP contribution in [0.3, 0.4) is 0 Å². The van der Waals surface area contributed by atoms with Crippen molar-refractivity contribution < 1.29 is 27.8 Å². The van der Waals surface area contributed by atoms with Crippen LogP contribution >= 0.6 is 0 Å². The van der Waals surface area contributed by atoms with E-state index in [1.54, 1.807) is 56.8 Å². The molecule has 2 aromatic carbocycles. The van der Waals surface area contributed by atoms with Crippen LogP contribution in [0.2, 0.25) is 0 Å². The summed E-state index contributed by atoms with van der Waals surface area (Å²) in [6.45, 7) is 8.97. The SMILES string of the molecule is Cc1ccc(OC(F)(F)F)cc1.Cc1nccn(-c2ccc3nc(OCC(C)(C)O)cc(C)c3c2)c1=O. The molecule has 0 saturated carbocycles. The van der Waals surface area contributed by atoms with E-state index in [4.69, 9.17) is 4.74 Å². The highest BCUT2D eigenvalue weighted by atomic mass is 19.4. The van der Waals surface area contributed by atoms with Crippen LogP contribution in [0.25, 0.3) is 16.6 Å². The Kier molecular flexibility index (Phi) is 8.22. The number of fused-ring (bicyclic) bond motifs is 1. The minimum Gasteiger partial charge on any atom is -0.475 e. The number of rotatable bonds is 5. The van der Waals surface area contributed by atoms with E-state index < -0.39 is 12.0 Å². The molecule has 0 amide bonds. The zero-order valence-electron chi connectivity index (χ0n) is 21.1. The monoisotopic (exact) mass is 515 g/mol. The molecule has 4 aromatic rings. The molecule has 4 rings (SSSR count). The van der Waals surface area contributed by atoms with Crippen LogP contribution in [-0.2, 0) is 0 Å². The number of alkyl halides is 3. The van der Waals surface area contributed by atoms with Crippen LogP contribution in [0, 0.1) is 20.8 Å². The third-order valence-electron chi connectivity index (χ3n) is 5.09. The number of halogens is 3. The van der Waals surface area contributed by atoms with Gasteiger partial charge >= 0.3 is 6.36 Å². The molecule has 0 saturated heterocycles. The Bertz CT molecular complexity index is 1430. The molecule has 0 aliphatic carbocycles. The molecule has 0 aliphatic heterocycles. The van der Waals surface area contributed by atoms with Crippen molar-refractivity contribution in [3.05, 3.63) is 88.1 Å².